The van der Waals surface area contributed by atoms with Crippen molar-refractivity contribution in [3.63, 3.8) is 0 Å². The molecule has 0 aliphatic carbocycles. The van der Waals surface area contributed by atoms with Crippen molar-refractivity contribution in [1.29, 1.82) is 0 Å². The molecule has 4 N–H and O–H groups in total. The molecule has 8 heteroatoms. The zero-order chi connectivity index (χ0) is 10.2. The number of hydrogen-bond acceptors (Lipinski definition) is 4. The summed E-state index contributed by atoms with van der Waals surface area (Å²) in [6, 6.07) is 1.62. The topological polar surface area (TPSA) is 118 Å². The normalized spacial score (nSPS) is 11.8. The second-order valence-corrected chi connectivity index (χ2v) is 4.13. The van der Waals surface area contributed by atoms with Crippen LogP contribution in [0.3, 0.4) is 0 Å². The summed E-state index contributed by atoms with van der Waals surface area (Å²) in [6.45, 7) is 0. The predicted octanol–water partition coefficient (Wildman–Crippen LogP) is -0.553. The molecule has 0 bridgehead atoms. The third kappa shape index (κ3) is 1.40. The Morgan fingerprint density at radius 2 is 2.07 bits per heavy atom. The maximum Gasteiger partial charge on any atom is 0.255 e. The summed E-state index contributed by atoms with van der Waals surface area (Å²) in [7, 11) is -3.78. The van der Waals surface area contributed by atoms with E-state index in [2.05, 4.69) is 20.4 Å². The number of rotatable bonds is 2. The van der Waals surface area contributed by atoms with Gasteiger partial charge in [-0.3, -0.25) is 10.2 Å². The van der Waals surface area contributed by atoms with E-state index in [1.807, 2.05) is 0 Å². The number of nitrogens with two attached hydrogens (primary N) is 1. The van der Waals surface area contributed by atoms with E-state index in [4.69, 9.17) is 5.14 Å². The highest BCUT2D eigenvalue weighted by atomic mass is 32.2. The first-order valence-electron chi connectivity index (χ1n) is 3.65. The Balaban J connectivity index is 2.62. The van der Waals surface area contributed by atoms with Crippen LogP contribution < -0.4 is 5.14 Å². The van der Waals surface area contributed by atoms with Gasteiger partial charge in [0.1, 0.15) is 0 Å². The lowest BCUT2D eigenvalue weighted by Crippen LogP contribution is -2.13. The Hall–Kier alpha value is -1.67. The minimum atomic E-state index is -3.78. The standard InChI is InChI=1S/C6H7N5O2S/c7-14(12,13)6-4(3-9-11-6)5-1-2-8-10-5/h1-3H,(H,8,10)(H,9,11)(H2,7,12,13). The van der Waals surface area contributed by atoms with Crippen LogP contribution in [0.2, 0.25) is 0 Å². The molecule has 2 aromatic heterocycles. The summed E-state index contributed by atoms with van der Waals surface area (Å²) >= 11 is 0. The van der Waals surface area contributed by atoms with Crippen molar-refractivity contribution in [1.82, 2.24) is 20.4 Å². The van der Waals surface area contributed by atoms with Gasteiger partial charge in [0.15, 0.2) is 5.03 Å². The SMILES string of the molecule is NS(=O)(=O)c1[nH]ncc1-c1ccn[nH]1. The van der Waals surface area contributed by atoms with Crippen molar-refractivity contribution in [3.8, 4) is 11.3 Å². The second kappa shape index (κ2) is 2.93. The molecule has 0 unspecified atom stereocenters. The molecular formula is C6H7N5O2S. The molecule has 7 nitrogen and oxygen atoms in total. The van der Waals surface area contributed by atoms with Gasteiger partial charge in [0, 0.05) is 6.20 Å². The molecule has 0 spiro atoms. The Labute approximate surface area is 79.4 Å². The monoisotopic (exact) mass is 213 g/mol. The number of nitrogens with zero attached hydrogens (tertiary/aromatic N) is 2. The van der Waals surface area contributed by atoms with Crippen molar-refractivity contribution in [2.24, 2.45) is 5.14 Å². The maximum absolute atomic E-state index is 11.1. The van der Waals surface area contributed by atoms with Crippen molar-refractivity contribution in [2.75, 3.05) is 0 Å². The summed E-state index contributed by atoms with van der Waals surface area (Å²) in [4.78, 5) is 0. The maximum atomic E-state index is 11.1. The highest BCUT2D eigenvalue weighted by molar-refractivity contribution is 7.89. The van der Waals surface area contributed by atoms with Gasteiger partial charge in [0.2, 0.25) is 0 Å². The molecule has 0 saturated heterocycles. The van der Waals surface area contributed by atoms with E-state index in [1.54, 1.807) is 6.07 Å². The minimum absolute atomic E-state index is 0.123. The number of hydrogen-bond donors (Lipinski definition) is 3. The summed E-state index contributed by atoms with van der Waals surface area (Å²) in [5, 5.41) is 17.1. The van der Waals surface area contributed by atoms with Crippen molar-refractivity contribution in [3.05, 3.63) is 18.5 Å². The number of aromatic nitrogens is 4. The van der Waals surface area contributed by atoms with Gasteiger partial charge < -0.3 is 0 Å². The molecule has 0 fully saturated rings. The van der Waals surface area contributed by atoms with Crippen LogP contribution in [0.4, 0.5) is 0 Å². The number of primary sulfonamides is 1. The van der Waals surface area contributed by atoms with Gasteiger partial charge in [-0.05, 0) is 6.07 Å². The van der Waals surface area contributed by atoms with Crippen LogP contribution in [0, 0.1) is 0 Å². The van der Waals surface area contributed by atoms with E-state index >= 15 is 0 Å². The lowest BCUT2D eigenvalue weighted by atomic mass is 10.3. The lowest BCUT2D eigenvalue weighted by molar-refractivity contribution is 0.594. The Morgan fingerprint density at radius 1 is 1.29 bits per heavy atom. The fourth-order valence-electron chi connectivity index (χ4n) is 1.09. The average Bonchev–Trinajstić information content (AvgIpc) is 2.73. The molecule has 2 rings (SSSR count). The molecule has 0 aliphatic heterocycles. The fourth-order valence-corrected chi connectivity index (χ4v) is 1.74. The van der Waals surface area contributed by atoms with Crippen LogP contribution in [0.1, 0.15) is 0 Å². The predicted molar refractivity (Wildman–Crippen MR) is 47.5 cm³/mol. The molecule has 74 valence electrons. The molecule has 0 atom stereocenters. The van der Waals surface area contributed by atoms with Crippen molar-refractivity contribution in [2.45, 2.75) is 5.03 Å². The summed E-state index contributed by atoms with van der Waals surface area (Å²) in [5.41, 5.74) is 0.924. The quantitative estimate of drug-likeness (QED) is 0.620. The summed E-state index contributed by atoms with van der Waals surface area (Å²) in [5.74, 6) is 0. The van der Waals surface area contributed by atoms with E-state index in [0.717, 1.165) is 0 Å². The van der Waals surface area contributed by atoms with Gasteiger partial charge in [-0.25, -0.2) is 13.6 Å². The first-order valence-corrected chi connectivity index (χ1v) is 5.19. The van der Waals surface area contributed by atoms with E-state index in [-0.39, 0.29) is 5.03 Å². The Kier molecular flexibility index (Phi) is 1.86. The van der Waals surface area contributed by atoms with Gasteiger partial charge in [0.25, 0.3) is 10.0 Å². The second-order valence-electron chi connectivity index (χ2n) is 2.63. The van der Waals surface area contributed by atoms with Gasteiger partial charge in [-0.1, -0.05) is 0 Å². The number of aromatic amines is 2. The van der Waals surface area contributed by atoms with Crippen LogP contribution in [-0.4, -0.2) is 28.8 Å². The average molecular weight is 213 g/mol. The zero-order valence-corrected chi connectivity index (χ0v) is 7.75. The van der Waals surface area contributed by atoms with E-state index in [1.165, 1.54) is 12.4 Å². The van der Waals surface area contributed by atoms with E-state index in [9.17, 15) is 8.42 Å². The molecule has 2 heterocycles. The molecule has 0 radical (unpaired) electrons. The Morgan fingerprint density at radius 3 is 2.64 bits per heavy atom. The van der Waals surface area contributed by atoms with Gasteiger partial charge >= 0.3 is 0 Å². The van der Waals surface area contributed by atoms with E-state index < -0.39 is 10.0 Å². The first kappa shape index (κ1) is 8.91. The third-order valence-electron chi connectivity index (χ3n) is 1.68. The van der Waals surface area contributed by atoms with Crippen LogP contribution >= 0.6 is 0 Å². The molecule has 14 heavy (non-hydrogen) atoms. The van der Waals surface area contributed by atoms with Crippen LogP contribution in [0.5, 0.6) is 0 Å². The molecule has 0 aromatic carbocycles. The zero-order valence-electron chi connectivity index (χ0n) is 6.93. The summed E-state index contributed by atoms with van der Waals surface area (Å²) < 4.78 is 22.2. The number of nitrogens with one attached hydrogen (secondary N) is 2. The highest BCUT2D eigenvalue weighted by Crippen LogP contribution is 2.21. The lowest BCUT2D eigenvalue weighted by Gasteiger charge is -1.96. The van der Waals surface area contributed by atoms with Crippen molar-refractivity contribution < 1.29 is 8.42 Å². The summed E-state index contributed by atoms with van der Waals surface area (Å²) in [6.07, 6.45) is 2.88. The molecular weight excluding hydrogens is 206 g/mol. The molecule has 2 aromatic rings. The van der Waals surface area contributed by atoms with Crippen LogP contribution in [0.15, 0.2) is 23.5 Å². The van der Waals surface area contributed by atoms with Crippen LogP contribution in [0.25, 0.3) is 11.3 Å². The Bertz CT molecular complexity index is 526. The molecule has 0 saturated carbocycles. The molecule has 0 amide bonds. The number of H-pyrrole nitrogens is 2. The van der Waals surface area contributed by atoms with Crippen molar-refractivity contribution >= 4 is 10.0 Å². The fraction of sp³-hybridized carbons (Fsp3) is 0. The van der Waals surface area contributed by atoms with Gasteiger partial charge in [-0.2, -0.15) is 10.2 Å². The first-order chi connectivity index (χ1) is 6.59. The van der Waals surface area contributed by atoms with Crippen LogP contribution in [-0.2, 0) is 10.0 Å². The van der Waals surface area contributed by atoms with Gasteiger partial charge in [0.05, 0.1) is 17.5 Å². The van der Waals surface area contributed by atoms with E-state index in [0.29, 0.717) is 11.3 Å². The highest BCUT2D eigenvalue weighted by Gasteiger charge is 2.17. The smallest absolute Gasteiger partial charge is 0.255 e. The number of sulfonamides is 1. The third-order valence-corrected chi connectivity index (χ3v) is 2.56. The minimum Gasteiger partial charge on any atom is -0.278 e. The molecule has 0 aliphatic rings. The largest absolute Gasteiger partial charge is 0.278 e. The van der Waals surface area contributed by atoms with Gasteiger partial charge in [-0.15, -0.1) is 0 Å².